The molecule has 0 aliphatic rings. The molecule has 0 saturated heterocycles. The van der Waals surface area contributed by atoms with Crippen molar-refractivity contribution in [1.82, 2.24) is 5.32 Å². The Bertz CT molecular complexity index is 349. The second kappa shape index (κ2) is 6.02. The third-order valence-electron chi connectivity index (χ3n) is 2.15. The van der Waals surface area contributed by atoms with E-state index in [1.807, 2.05) is 30.3 Å². The van der Waals surface area contributed by atoms with Gasteiger partial charge in [-0.25, -0.2) is 0 Å². The predicted molar refractivity (Wildman–Crippen MR) is 61.4 cm³/mol. The van der Waals surface area contributed by atoms with E-state index in [1.165, 1.54) is 0 Å². The first kappa shape index (κ1) is 12.4. The molecule has 4 heteroatoms. The number of nitrogens with one attached hydrogen (secondary N) is 1. The highest BCUT2D eigenvalue weighted by atomic mass is 16.2. The molecular weight excluding hydrogens is 204 g/mol. The van der Waals surface area contributed by atoms with Gasteiger partial charge in [0.1, 0.15) is 0 Å². The number of nitrogens with two attached hydrogens (primary N) is 1. The molecule has 0 saturated carbocycles. The van der Waals surface area contributed by atoms with Gasteiger partial charge in [-0.1, -0.05) is 30.3 Å². The maximum atomic E-state index is 11.3. The lowest BCUT2D eigenvalue weighted by Gasteiger charge is -2.13. The number of carbonyl (C=O) groups is 1. The molecule has 1 radical (unpaired) electrons. The van der Waals surface area contributed by atoms with Crippen LogP contribution in [0, 0.1) is 0 Å². The lowest BCUT2D eigenvalue weighted by atomic mass is 10.1. The molecular formula is C12H15N2O2. The maximum Gasteiger partial charge on any atom is 0.237 e. The molecule has 0 fully saturated rings. The molecule has 1 aromatic rings. The van der Waals surface area contributed by atoms with Gasteiger partial charge in [0.25, 0.3) is 0 Å². The third-order valence-corrected chi connectivity index (χ3v) is 2.15. The minimum absolute atomic E-state index is 0.343. The minimum Gasteiger partial charge on any atom is -0.344 e. The normalized spacial score (nSPS) is 13.9. The summed E-state index contributed by atoms with van der Waals surface area (Å²) >= 11 is 0. The summed E-state index contributed by atoms with van der Waals surface area (Å²) in [6, 6.07) is 8.18. The maximum absolute atomic E-state index is 11.3. The van der Waals surface area contributed by atoms with Crippen molar-refractivity contribution in [1.29, 1.82) is 0 Å². The van der Waals surface area contributed by atoms with E-state index in [9.17, 15) is 9.59 Å². The average molecular weight is 219 g/mol. The zero-order chi connectivity index (χ0) is 12.0. The lowest BCUT2D eigenvalue weighted by molar-refractivity contribution is -0.122. The Labute approximate surface area is 94.8 Å². The van der Waals surface area contributed by atoms with Crippen LogP contribution in [0.4, 0.5) is 0 Å². The Hall–Kier alpha value is -1.68. The Kier molecular flexibility index (Phi) is 4.66. The molecule has 0 bridgehead atoms. The fourth-order valence-electron chi connectivity index (χ4n) is 1.28. The Morgan fingerprint density at radius 1 is 1.44 bits per heavy atom. The standard InChI is InChI=1S/C12H15N2O2/c1-9(13)12(16)14-11(8-15)7-10-5-3-2-4-6-10/h2-6,9,11H,7,13H2,1H3,(H,14,16). The highest BCUT2D eigenvalue weighted by Gasteiger charge is 2.15. The molecule has 0 aliphatic carbocycles. The van der Waals surface area contributed by atoms with Crippen molar-refractivity contribution < 1.29 is 9.59 Å². The molecule has 1 aromatic carbocycles. The summed E-state index contributed by atoms with van der Waals surface area (Å²) < 4.78 is 0. The van der Waals surface area contributed by atoms with Gasteiger partial charge in [0.15, 0.2) is 0 Å². The molecule has 1 amide bonds. The summed E-state index contributed by atoms with van der Waals surface area (Å²) in [6.45, 7) is 1.57. The van der Waals surface area contributed by atoms with Gasteiger partial charge >= 0.3 is 0 Å². The van der Waals surface area contributed by atoms with Crippen molar-refractivity contribution in [2.24, 2.45) is 5.73 Å². The predicted octanol–water partition coefficient (Wildman–Crippen LogP) is 0.171. The molecule has 0 aliphatic heterocycles. The SMILES string of the molecule is CC(N)C(=O)NC([C]=O)Cc1ccccc1. The van der Waals surface area contributed by atoms with Crippen LogP contribution < -0.4 is 11.1 Å². The van der Waals surface area contributed by atoms with Crippen LogP contribution in [0.3, 0.4) is 0 Å². The monoisotopic (exact) mass is 219 g/mol. The highest BCUT2D eigenvalue weighted by molar-refractivity contribution is 5.83. The van der Waals surface area contributed by atoms with Crippen LogP contribution in [0.15, 0.2) is 30.3 Å². The van der Waals surface area contributed by atoms with Crippen molar-refractivity contribution in [3.63, 3.8) is 0 Å². The van der Waals surface area contributed by atoms with E-state index in [4.69, 9.17) is 5.73 Å². The first-order valence-electron chi connectivity index (χ1n) is 5.11. The fraction of sp³-hybridized carbons (Fsp3) is 0.333. The van der Waals surface area contributed by atoms with E-state index in [0.717, 1.165) is 5.56 Å². The smallest absolute Gasteiger partial charge is 0.237 e. The third kappa shape index (κ3) is 3.82. The molecule has 1 rings (SSSR count). The number of carbonyl (C=O) groups excluding carboxylic acids is 2. The van der Waals surface area contributed by atoms with Gasteiger partial charge in [0, 0.05) is 6.42 Å². The second-order valence-corrected chi connectivity index (χ2v) is 3.66. The molecule has 0 aromatic heterocycles. The van der Waals surface area contributed by atoms with Crippen molar-refractivity contribution in [3.8, 4) is 0 Å². The van der Waals surface area contributed by atoms with Crippen LogP contribution in [0.5, 0.6) is 0 Å². The van der Waals surface area contributed by atoms with Gasteiger partial charge in [-0.05, 0) is 12.5 Å². The zero-order valence-corrected chi connectivity index (χ0v) is 9.14. The molecule has 2 unspecified atom stereocenters. The Morgan fingerprint density at radius 3 is 2.56 bits per heavy atom. The summed E-state index contributed by atoms with van der Waals surface area (Å²) in [6.07, 6.45) is 2.23. The Balaban J connectivity index is 2.56. The summed E-state index contributed by atoms with van der Waals surface area (Å²) in [7, 11) is 0. The van der Waals surface area contributed by atoms with Crippen LogP contribution in [0.25, 0.3) is 0 Å². The first-order chi connectivity index (χ1) is 7.63. The molecule has 0 spiro atoms. The Morgan fingerprint density at radius 2 is 2.06 bits per heavy atom. The van der Waals surface area contributed by atoms with Crippen molar-refractivity contribution in [2.75, 3.05) is 0 Å². The van der Waals surface area contributed by atoms with E-state index >= 15 is 0 Å². The van der Waals surface area contributed by atoms with Gasteiger partial charge in [0.05, 0.1) is 12.1 Å². The van der Waals surface area contributed by atoms with E-state index < -0.39 is 12.1 Å². The first-order valence-corrected chi connectivity index (χ1v) is 5.11. The number of hydrogen-bond acceptors (Lipinski definition) is 3. The van der Waals surface area contributed by atoms with Crippen LogP contribution in [-0.2, 0) is 16.0 Å². The van der Waals surface area contributed by atoms with Gasteiger partial charge in [0.2, 0.25) is 12.2 Å². The number of amides is 1. The summed E-state index contributed by atoms with van der Waals surface area (Å²) in [5, 5.41) is 2.53. The van der Waals surface area contributed by atoms with Gasteiger partial charge in [-0.3, -0.25) is 9.59 Å². The van der Waals surface area contributed by atoms with E-state index in [1.54, 1.807) is 13.2 Å². The number of rotatable bonds is 5. The quantitative estimate of drug-likeness (QED) is 0.741. The molecule has 85 valence electrons. The van der Waals surface area contributed by atoms with Crippen molar-refractivity contribution >= 4 is 12.2 Å². The van der Waals surface area contributed by atoms with E-state index in [-0.39, 0.29) is 5.91 Å². The van der Waals surface area contributed by atoms with Crippen molar-refractivity contribution in [3.05, 3.63) is 35.9 Å². The zero-order valence-electron chi connectivity index (χ0n) is 9.14. The summed E-state index contributed by atoms with van der Waals surface area (Å²) in [4.78, 5) is 22.0. The van der Waals surface area contributed by atoms with Gasteiger partial charge in [-0.15, -0.1) is 0 Å². The van der Waals surface area contributed by atoms with Crippen LogP contribution in [-0.4, -0.2) is 24.3 Å². The molecule has 4 nitrogen and oxygen atoms in total. The number of benzene rings is 1. The summed E-state index contributed by atoms with van der Waals surface area (Å²) in [5.74, 6) is -0.343. The average Bonchev–Trinajstić information content (AvgIpc) is 2.29. The molecule has 3 N–H and O–H groups in total. The largest absolute Gasteiger partial charge is 0.344 e. The summed E-state index contributed by atoms with van der Waals surface area (Å²) in [5.41, 5.74) is 6.36. The molecule has 2 atom stereocenters. The lowest BCUT2D eigenvalue weighted by Crippen LogP contribution is -2.45. The molecule has 16 heavy (non-hydrogen) atoms. The second-order valence-electron chi connectivity index (χ2n) is 3.66. The van der Waals surface area contributed by atoms with Gasteiger partial charge < -0.3 is 11.1 Å². The van der Waals surface area contributed by atoms with Crippen LogP contribution in [0.2, 0.25) is 0 Å². The van der Waals surface area contributed by atoms with Crippen molar-refractivity contribution in [2.45, 2.75) is 25.4 Å². The van der Waals surface area contributed by atoms with Crippen LogP contribution >= 0.6 is 0 Å². The van der Waals surface area contributed by atoms with Crippen LogP contribution in [0.1, 0.15) is 12.5 Å². The minimum atomic E-state index is -0.638. The topological polar surface area (TPSA) is 72.2 Å². The van der Waals surface area contributed by atoms with E-state index in [2.05, 4.69) is 5.32 Å². The fourth-order valence-corrected chi connectivity index (χ4v) is 1.28. The van der Waals surface area contributed by atoms with E-state index in [0.29, 0.717) is 6.42 Å². The highest BCUT2D eigenvalue weighted by Crippen LogP contribution is 2.01. The van der Waals surface area contributed by atoms with Gasteiger partial charge in [-0.2, -0.15) is 0 Å². The molecule has 0 heterocycles. The number of hydrogen-bond donors (Lipinski definition) is 2.